The first-order valence-electron chi connectivity index (χ1n) is 6.29. The Labute approximate surface area is 123 Å². The molecule has 0 fully saturated rings. The fourth-order valence-electron chi connectivity index (χ4n) is 2.15. The molecule has 0 amide bonds. The molecular formula is C16H17ClO3. The van der Waals surface area contributed by atoms with Crippen LogP contribution in [0.4, 0.5) is 0 Å². The Morgan fingerprint density at radius 2 is 1.75 bits per heavy atom. The van der Waals surface area contributed by atoms with Crippen LogP contribution in [0.2, 0.25) is 5.02 Å². The minimum absolute atomic E-state index is 0.446. The van der Waals surface area contributed by atoms with Gasteiger partial charge in [-0.15, -0.1) is 0 Å². The van der Waals surface area contributed by atoms with Crippen molar-refractivity contribution in [2.75, 3.05) is 14.2 Å². The van der Waals surface area contributed by atoms with Gasteiger partial charge in [-0.25, -0.2) is 0 Å². The fraction of sp³-hybridized carbons (Fsp3) is 0.250. The molecule has 2 aromatic carbocycles. The van der Waals surface area contributed by atoms with E-state index in [0.29, 0.717) is 22.8 Å². The number of para-hydroxylation sites is 1. The topological polar surface area (TPSA) is 38.7 Å². The molecule has 2 rings (SSSR count). The molecule has 0 aliphatic rings. The second-order valence-electron chi connectivity index (χ2n) is 4.42. The number of aliphatic hydroxyl groups excluding tert-OH is 1. The first kappa shape index (κ1) is 14.7. The summed E-state index contributed by atoms with van der Waals surface area (Å²) in [6.07, 6.45) is -0.235. The van der Waals surface area contributed by atoms with Gasteiger partial charge in [-0.05, 0) is 23.8 Å². The lowest BCUT2D eigenvalue weighted by Gasteiger charge is -2.16. The second kappa shape index (κ2) is 6.64. The summed E-state index contributed by atoms with van der Waals surface area (Å²) in [7, 11) is 3.18. The van der Waals surface area contributed by atoms with Crippen LogP contribution >= 0.6 is 11.6 Å². The first-order valence-corrected chi connectivity index (χ1v) is 6.67. The van der Waals surface area contributed by atoms with Gasteiger partial charge in [0, 0.05) is 17.0 Å². The predicted molar refractivity (Wildman–Crippen MR) is 79.7 cm³/mol. The molecule has 1 N–H and O–H groups in total. The van der Waals surface area contributed by atoms with E-state index in [1.54, 1.807) is 32.4 Å². The van der Waals surface area contributed by atoms with Crippen molar-refractivity contribution >= 4 is 11.6 Å². The highest BCUT2D eigenvalue weighted by Gasteiger charge is 2.16. The summed E-state index contributed by atoms with van der Waals surface area (Å²) in [5.74, 6) is 1.35. The molecule has 1 unspecified atom stereocenters. The zero-order chi connectivity index (χ0) is 14.5. The average molecular weight is 293 g/mol. The number of ether oxygens (including phenoxy) is 2. The van der Waals surface area contributed by atoms with E-state index in [1.807, 2.05) is 24.3 Å². The minimum atomic E-state index is -0.682. The van der Waals surface area contributed by atoms with Crippen LogP contribution in [0.1, 0.15) is 17.2 Å². The van der Waals surface area contributed by atoms with Crippen LogP contribution in [0.5, 0.6) is 11.5 Å². The average Bonchev–Trinajstić information content (AvgIpc) is 2.47. The van der Waals surface area contributed by atoms with Crippen molar-refractivity contribution in [3.63, 3.8) is 0 Å². The Kier molecular flexibility index (Phi) is 4.88. The molecule has 106 valence electrons. The SMILES string of the molecule is COc1ccccc1CC(O)c1ccc(Cl)cc1OC. The minimum Gasteiger partial charge on any atom is -0.496 e. The van der Waals surface area contributed by atoms with Crippen LogP contribution in [-0.2, 0) is 6.42 Å². The van der Waals surface area contributed by atoms with Crippen molar-refractivity contribution in [1.29, 1.82) is 0 Å². The van der Waals surface area contributed by atoms with Crippen molar-refractivity contribution in [3.05, 3.63) is 58.6 Å². The van der Waals surface area contributed by atoms with Gasteiger partial charge in [-0.2, -0.15) is 0 Å². The number of hydrogen-bond donors (Lipinski definition) is 1. The molecule has 0 aromatic heterocycles. The summed E-state index contributed by atoms with van der Waals surface area (Å²) in [4.78, 5) is 0. The summed E-state index contributed by atoms with van der Waals surface area (Å²) in [5.41, 5.74) is 1.65. The Balaban J connectivity index is 2.26. The van der Waals surface area contributed by atoms with Crippen molar-refractivity contribution in [2.45, 2.75) is 12.5 Å². The standard InChI is InChI=1S/C16H17ClO3/c1-19-15-6-4-3-5-11(15)9-14(18)13-8-7-12(17)10-16(13)20-2/h3-8,10,14,18H,9H2,1-2H3. The summed E-state index contributed by atoms with van der Waals surface area (Å²) in [5, 5.41) is 11.0. The van der Waals surface area contributed by atoms with Gasteiger partial charge in [0.2, 0.25) is 0 Å². The molecule has 0 saturated carbocycles. The highest BCUT2D eigenvalue weighted by Crippen LogP contribution is 2.32. The second-order valence-corrected chi connectivity index (χ2v) is 4.85. The Bertz CT molecular complexity index is 584. The maximum Gasteiger partial charge on any atom is 0.126 e. The van der Waals surface area contributed by atoms with Crippen LogP contribution in [0.15, 0.2) is 42.5 Å². The van der Waals surface area contributed by atoms with Crippen molar-refractivity contribution in [3.8, 4) is 11.5 Å². The first-order chi connectivity index (χ1) is 9.65. The van der Waals surface area contributed by atoms with Crippen LogP contribution in [-0.4, -0.2) is 19.3 Å². The molecule has 3 nitrogen and oxygen atoms in total. The third-order valence-corrected chi connectivity index (χ3v) is 3.40. The van der Waals surface area contributed by atoms with E-state index in [0.717, 1.165) is 11.3 Å². The molecular weight excluding hydrogens is 276 g/mol. The van der Waals surface area contributed by atoms with Crippen molar-refractivity contribution in [2.24, 2.45) is 0 Å². The Morgan fingerprint density at radius 3 is 2.45 bits per heavy atom. The molecule has 4 heteroatoms. The highest BCUT2D eigenvalue weighted by atomic mass is 35.5. The molecule has 2 aromatic rings. The van der Waals surface area contributed by atoms with Crippen LogP contribution in [0, 0.1) is 0 Å². The number of methoxy groups -OCH3 is 2. The molecule has 0 saturated heterocycles. The fourth-order valence-corrected chi connectivity index (χ4v) is 2.31. The van der Waals surface area contributed by atoms with E-state index in [1.165, 1.54) is 0 Å². The molecule has 0 bridgehead atoms. The highest BCUT2D eigenvalue weighted by molar-refractivity contribution is 6.30. The van der Waals surface area contributed by atoms with Crippen LogP contribution < -0.4 is 9.47 Å². The van der Waals surface area contributed by atoms with E-state index >= 15 is 0 Å². The zero-order valence-electron chi connectivity index (χ0n) is 11.5. The molecule has 0 spiro atoms. The van der Waals surface area contributed by atoms with Crippen molar-refractivity contribution < 1.29 is 14.6 Å². The Morgan fingerprint density at radius 1 is 1.05 bits per heavy atom. The third kappa shape index (κ3) is 3.24. The molecule has 0 aliphatic carbocycles. The molecule has 0 heterocycles. The van der Waals surface area contributed by atoms with Gasteiger partial charge in [0.25, 0.3) is 0 Å². The van der Waals surface area contributed by atoms with E-state index in [2.05, 4.69) is 0 Å². The van der Waals surface area contributed by atoms with Gasteiger partial charge >= 0.3 is 0 Å². The maximum absolute atomic E-state index is 10.4. The number of aliphatic hydroxyl groups is 1. The van der Waals surface area contributed by atoms with E-state index < -0.39 is 6.10 Å². The van der Waals surface area contributed by atoms with Gasteiger partial charge in [0.05, 0.1) is 20.3 Å². The monoisotopic (exact) mass is 292 g/mol. The van der Waals surface area contributed by atoms with Gasteiger partial charge in [-0.3, -0.25) is 0 Å². The number of benzene rings is 2. The van der Waals surface area contributed by atoms with Crippen LogP contribution in [0.3, 0.4) is 0 Å². The smallest absolute Gasteiger partial charge is 0.126 e. The molecule has 20 heavy (non-hydrogen) atoms. The van der Waals surface area contributed by atoms with Gasteiger partial charge in [-0.1, -0.05) is 35.9 Å². The summed E-state index contributed by atoms with van der Waals surface area (Å²) in [6, 6.07) is 12.8. The lowest BCUT2D eigenvalue weighted by molar-refractivity contribution is 0.173. The largest absolute Gasteiger partial charge is 0.496 e. The van der Waals surface area contributed by atoms with Gasteiger partial charge in [0.15, 0.2) is 0 Å². The lowest BCUT2D eigenvalue weighted by atomic mass is 10.00. The predicted octanol–water partition coefficient (Wildman–Crippen LogP) is 3.63. The normalized spacial score (nSPS) is 12.0. The van der Waals surface area contributed by atoms with Crippen LogP contribution in [0.25, 0.3) is 0 Å². The zero-order valence-corrected chi connectivity index (χ0v) is 12.2. The third-order valence-electron chi connectivity index (χ3n) is 3.16. The van der Waals surface area contributed by atoms with E-state index in [9.17, 15) is 5.11 Å². The quantitative estimate of drug-likeness (QED) is 0.914. The summed E-state index contributed by atoms with van der Waals surface area (Å²) >= 11 is 5.93. The number of rotatable bonds is 5. The van der Waals surface area contributed by atoms with E-state index in [4.69, 9.17) is 21.1 Å². The lowest BCUT2D eigenvalue weighted by Crippen LogP contribution is -2.05. The van der Waals surface area contributed by atoms with Gasteiger partial charge in [0.1, 0.15) is 11.5 Å². The van der Waals surface area contributed by atoms with Gasteiger partial charge < -0.3 is 14.6 Å². The molecule has 0 radical (unpaired) electrons. The van der Waals surface area contributed by atoms with Crippen molar-refractivity contribution in [1.82, 2.24) is 0 Å². The maximum atomic E-state index is 10.4. The summed E-state index contributed by atoms with van der Waals surface area (Å²) in [6.45, 7) is 0. The molecule has 0 aliphatic heterocycles. The Hall–Kier alpha value is -1.71. The number of hydrogen-bond acceptors (Lipinski definition) is 3. The number of halogens is 1. The summed E-state index contributed by atoms with van der Waals surface area (Å²) < 4.78 is 10.6. The molecule has 1 atom stereocenters. The van der Waals surface area contributed by atoms with E-state index in [-0.39, 0.29) is 0 Å².